The van der Waals surface area contributed by atoms with Crippen LogP contribution >= 0.6 is 27.5 Å². The Labute approximate surface area is 124 Å². The van der Waals surface area contributed by atoms with E-state index in [9.17, 15) is 0 Å². The average Bonchev–Trinajstić information content (AvgIpc) is 2.94. The normalized spacial score (nSPS) is 11.3. The van der Waals surface area contributed by atoms with Gasteiger partial charge in [-0.2, -0.15) is 5.10 Å². The van der Waals surface area contributed by atoms with E-state index in [-0.39, 0.29) is 0 Å². The minimum atomic E-state index is 0.393. The number of hydrogen-bond acceptors (Lipinski definition) is 2. The van der Waals surface area contributed by atoms with E-state index >= 15 is 0 Å². The molecule has 2 heterocycles. The molecule has 0 unspecified atom stereocenters. The molecule has 1 aromatic carbocycles. The molecular formula is C13H12BrClN4. The van der Waals surface area contributed by atoms with Gasteiger partial charge in [0, 0.05) is 17.7 Å². The maximum absolute atomic E-state index is 6.01. The smallest absolute Gasteiger partial charge is 0.125 e. The van der Waals surface area contributed by atoms with Crippen molar-refractivity contribution < 1.29 is 0 Å². The molecule has 0 atom stereocenters. The largest absolute Gasteiger partial charge is 0.321 e. The summed E-state index contributed by atoms with van der Waals surface area (Å²) in [4.78, 5) is 4.57. The lowest BCUT2D eigenvalue weighted by molar-refractivity contribution is 0.663. The fourth-order valence-corrected chi connectivity index (χ4v) is 2.70. The fraction of sp³-hybridized carbons (Fsp3) is 0.231. The Balaban J connectivity index is 2.13. The van der Waals surface area contributed by atoms with Gasteiger partial charge in [0.05, 0.1) is 29.2 Å². The van der Waals surface area contributed by atoms with Crippen LogP contribution in [0.4, 0.5) is 0 Å². The summed E-state index contributed by atoms with van der Waals surface area (Å²) in [6.45, 7) is 0.719. The van der Waals surface area contributed by atoms with Crippen molar-refractivity contribution in [1.29, 1.82) is 0 Å². The van der Waals surface area contributed by atoms with Gasteiger partial charge in [0.25, 0.3) is 0 Å². The minimum absolute atomic E-state index is 0.393. The highest BCUT2D eigenvalue weighted by Crippen LogP contribution is 2.22. The van der Waals surface area contributed by atoms with Gasteiger partial charge in [-0.05, 0) is 24.3 Å². The third kappa shape index (κ3) is 2.28. The number of benzene rings is 1. The first-order valence-electron chi connectivity index (χ1n) is 5.86. The number of alkyl halides is 1. The Morgan fingerprint density at radius 1 is 1.32 bits per heavy atom. The summed E-state index contributed by atoms with van der Waals surface area (Å²) in [5, 5.41) is 4.19. The molecule has 0 bridgehead atoms. The van der Waals surface area contributed by atoms with Crippen molar-refractivity contribution in [3.05, 3.63) is 46.5 Å². The Morgan fingerprint density at radius 3 is 2.84 bits per heavy atom. The Hall–Kier alpha value is -1.33. The molecule has 0 radical (unpaired) electrons. The molecule has 0 saturated heterocycles. The third-order valence-electron chi connectivity index (χ3n) is 3.15. The number of fused-ring (bicyclic) bond motifs is 1. The van der Waals surface area contributed by atoms with E-state index in [4.69, 9.17) is 11.6 Å². The first-order chi connectivity index (χ1) is 9.19. The molecule has 0 spiro atoms. The molecule has 0 aliphatic carbocycles. The van der Waals surface area contributed by atoms with E-state index in [0.717, 1.165) is 33.6 Å². The van der Waals surface area contributed by atoms with Gasteiger partial charge in [0.15, 0.2) is 0 Å². The van der Waals surface area contributed by atoms with Crippen molar-refractivity contribution >= 4 is 38.6 Å². The number of rotatable bonds is 3. The Kier molecular flexibility index (Phi) is 3.33. The van der Waals surface area contributed by atoms with Crippen LogP contribution in [0, 0.1) is 0 Å². The predicted octanol–water partition coefficient (Wildman–Crippen LogP) is 3.32. The molecule has 0 fully saturated rings. The van der Waals surface area contributed by atoms with Crippen LogP contribution in [0.2, 0.25) is 0 Å². The molecule has 19 heavy (non-hydrogen) atoms. The topological polar surface area (TPSA) is 35.6 Å². The SMILES string of the molecule is Cn1nccc1Cn1c(CCl)nc2cc(Br)ccc21. The van der Waals surface area contributed by atoms with Crippen molar-refractivity contribution in [2.45, 2.75) is 12.4 Å². The quantitative estimate of drug-likeness (QED) is 0.686. The fourth-order valence-electron chi connectivity index (χ4n) is 2.15. The van der Waals surface area contributed by atoms with E-state index in [1.54, 1.807) is 6.20 Å². The highest BCUT2D eigenvalue weighted by molar-refractivity contribution is 9.10. The summed E-state index contributed by atoms with van der Waals surface area (Å²) in [5.41, 5.74) is 3.15. The van der Waals surface area contributed by atoms with Gasteiger partial charge < -0.3 is 4.57 Å². The molecule has 3 rings (SSSR count). The predicted molar refractivity (Wildman–Crippen MR) is 79.3 cm³/mol. The highest BCUT2D eigenvalue weighted by Gasteiger charge is 2.11. The lowest BCUT2D eigenvalue weighted by Crippen LogP contribution is -2.08. The molecule has 2 aromatic heterocycles. The van der Waals surface area contributed by atoms with Crippen molar-refractivity contribution in [2.75, 3.05) is 0 Å². The molecule has 0 aliphatic rings. The monoisotopic (exact) mass is 338 g/mol. The summed E-state index contributed by atoms with van der Waals surface area (Å²) in [6, 6.07) is 8.08. The lowest BCUT2D eigenvalue weighted by Gasteiger charge is -2.08. The molecule has 3 aromatic rings. The van der Waals surface area contributed by atoms with E-state index < -0.39 is 0 Å². The maximum Gasteiger partial charge on any atom is 0.125 e. The van der Waals surface area contributed by atoms with Crippen LogP contribution in [0.15, 0.2) is 34.9 Å². The van der Waals surface area contributed by atoms with Crippen molar-refractivity contribution in [1.82, 2.24) is 19.3 Å². The number of halogens is 2. The van der Waals surface area contributed by atoms with E-state index in [1.807, 2.05) is 29.9 Å². The van der Waals surface area contributed by atoms with Crippen LogP contribution in [0.1, 0.15) is 11.5 Å². The van der Waals surface area contributed by atoms with E-state index in [0.29, 0.717) is 5.88 Å². The van der Waals surface area contributed by atoms with E-state index in [1.165, 1.54) is 0 Å². The summed E-state index contributed by atoms with van der Waals surface area (Å²) in [7, 11) is 1.94. The zero-order valence-corrected chi connectivity index (χ0v) is 12.7. The first kappa shape index (κ1) is 12.7. The number of hydrogen-bond donors (Lipinski definition) is 0. The molecule has 6 heteroatoms. The van der Waals surface area contributed by atoms with Gasteiger partial charge in [0.1, 0.15) is 5.82 Å². The van der Waals surface area contributed by atoms with Crippen molar-refractivity contribution in [2.24, 2.45) is 7.05 Å². The van der Waals surface area contributed by atoms with Gasteiger partial charge in [0.2, 0.25) is 0 Å². The Morgan fingerprint density at radius 2 is 2.16 bits per heavy atom. The summed E-state index contributed by atoms with van der Waals surface area (Å²) in [5.74, 6) is 1.26. The lowest BCUT2D eigenvalue weighted by atomic mass is 10.3. The second-order valence-corrected chi connectivity index (χ2v) is 5.51. The number of imidazole rings is 1. The number of nitrogens with zero attached hydrogens (tertiary/aromatic N) is 4. The van der Waals surface area contributed by atoms with Gasteiger partial charge >= 0.3 is 0 Å². The van der Waals surface area contributed by atoms with Crippen LogP contribution in [-0.4, -0.2) is 19.3 Å². The standard InChI is InChI=1S/C13H12BrClN4/c1-18-10(4-5-16-18)8-19-12-3-2-9(14)6-11(12)17-13(19)7-15/h2-6H,7-8H2,1H3. The summed E-state index contributed by atoms with van der Waals surface area (Å²) in [6.07, 6.45) is 1.80. The van der Waals surface area contributed by atoms with Crippen LogP contribution < -0.4 is 0 Å². The molecule has 0 saturated carbocycles. The van der Waals surface area contributed by atoms with Crippen LogP contribution in [0.25, 0.3) is 11.0 Å². The van der Waals surface area contributed by atoms with Crippen LogP contribution in [0.3, 0.4) is 0 Å². The number of aromatic nitrogens is 4. The van der Waals surface area contributed by atoms with Gasteiger partial charge in [-0.25, -0.2) is 4.98 Å². The van der Waals surface area contributed by atoms with Gasteiger partial charge in [-0.15, -0.1) is 11.6 Å². The van der Waals surface area contributed by atoms with Crippen LogP contribution in [0.5, 0.6) is 0 Å². The molecule has 0 amide bonds. The second kappa shape index (κ2) is 4.98. The molecule has 0 N–H and O–H groups in total. The van der Waals surface area contributed by atoms with Gasteiger partial charge in [-0.1, -0.05) is 15.9 Å². The summed E-state index contributed by atoms with van der Waals surface area (Å²) < 4.78 is 5.01. The van der Waals surface area contributed by atoms with Crippen molar-refractivity contribution in [3.63, 3.8) is 0 Å². The van der Waals surface area contributed by atoms with Crippen LogP contribution in [-0.2, 0) is 19.5 Å². The maximum atomic E-state index is 6.01. The minimum Gasteiger partial charge on any atom is -0.321 e. The zero-order valence-electron chi connectivity index (χ0n) is 10.3. The van der Waals surface area contributed by atoms with Crippen molar-refractivity contribution in [3.8, 4) is 0 Å². The average molecular weight is 340 g/mol. The molecule has 0 aliphatic heterocycles. The summed E-state index contributed by atoms with van der Waals surface area (Å²) >= 11 is 9.47. The zero-order chi connectivity index (χ0) is 13.4. The second-order valence-electron chi connectivity index (χ2n) is 4.33. The highest BCUT2D eigenvalue weighted by atomic mass is 79.9. The number of aryl methyl sites for hydroxylation is 1. The molecule has 4 nitrogen and oxygen atoms in total. The first-order valence-corrected chi connectivity index (χ1v) is 7.19. The van der Waals surface area contributed by atoms with Gasteiger partial charge in [-0.3, -0.25) is 4.68 Å². The molecule has 98 valence electrons. The molecular weight excluding hydrogens is 328 g/mol. The van der Waals surface area contributed by atoms with E-state index in [2.05, 4.69) is 36.6 Å². The third-order valence-corrected chi connectivity index (χ3v) is 3.88. The Bertz CT molecular complexity index is 731.